The van der Waals surface area contributed by atoms with Crippen molar-refractivity contribution in [3.05, 3.63) is 0 Å². The van der Waals surface area contributed by atoms with Crippen molar-refractivity contribution in [2.24, 2.45) is 11.1 Å². The number of amides is 1. The molecule has 1 saturated heterocycles. The van der Waals surface area contributed by atoms with E-state index in [0.717, 1.165) is 19.4 Å². The SMILES string of the molecule is CC1CCCCN1C(=O)CC(N)C(C)(C)C. The van der Waals surface area contributed by atoms with Gasteiger partial charge in [0.1, 0.15) is 0 Å². The van der Waals surface area contributed by atoms with Crippen molar-refractivity contribution in [3.8, 4) is 0 Å². The molecular weight excluding hydrogens is 200 g/mol. The molecule has 0 aromatic heterocycles. The van der Waals surface area contributed by atoms with Crippen molar-refractivity contribution < 1.29 is 4.79 Å². The van der Waals surface area contributed by atoms with Crippen molar-refractivity contribution in [1.29, 1.82) is 0 Å². The van der Waals surface area contributed by atoms with Crippen LogP contribution in [0.25, 0.3) is 0 Å². The lowest BCUT2D eigenvalue weighted by atomic mass is 9.85. The van der Waals surface area contributed by atoms with E-state index in [1.54, 1.807) is 0 Å². The van der Waals surface area contributed by atoms with Gasteiger partial charge in [0.25, 0.3) is 0 Å². The zero-order valence-electron chi connectivity index (χ0n) is 11.1. The predicted molar refractivity (Wildman–Crippen MR) is 67.1 cm³/mol. The molecule has 0 aliphatic carbocycles. The Morgan fingerprint density at radius 2 is 2.06 bits per heavy atom. The Morgan fingerprint density at radius 3 is 2.56 bits per heavy atom. The van der Waals surface area contributed by atoms with Crippen LogP contribution in [0.5, 0.6) is 0 Å². The average molecular weight is 226 g/mol. The Balaban J connectivity index is 2.51. The Labute approximate surface area is 99.4 Å². The highest BCUT2D eigenvalue weighted by molar-refractivity contribution is 5.77. The Hall–Kier alpha value is -0.570. The minimum absolute atomic E-state index is 0.00862. The van der Waals surface area contributed by atoms with Crippen LogP contribution in [0.15, 0.2) is 0 Å². The third-order valence-electron chi connectivity index (χ3n) is 3.63. The number of nitrogens with zero attached hydrogens (tertiary/aromatic N) is 1. The topological polar surface area (TPSA) is 46.3 Å². The van der Waals surface area contributed by atoms with Gasteiger partial charge >= 0.3 is 0 Å². The molecule has 1 aliphatic heterocycles. The van der Waals surface area contributed by atoms with Crippen LogP contribution in [0, 0.1) is 5.41 Å². The molecule has 3 nitrogen and oxygen atoms in total. The highest BCUT2D eigenvalue weighted by Crippen LogP contribution is 2.23. The van der Waals surface area contributed by atoms with Gasteiger partial charge in [-0.15, -0.1) is 0 Å². The van der Waals surface area contributed by atoms with Crippen LogP contribution in [0.2, 0.25) is 0 Å². The van der Waals surface area contributed by atoms with Crippen molar-refractivity contribution >= 4 is 5.91 Å². The van der Waals surface area contributed by atoms with Gasteiger partial charge in [0.05, 0.1) is 0 Å². The number of rotatable bonds is 2. The van der Waals surface area contributed by atoms with Gasteiger partial charge in [-0.2, -0.15) is 0 Å². The van der Waals surface area contributed by atoms with E-state index >= 15 is 0 Å². The summed E-state index contributed by atoms with van der Waals surface area (Å²) >= 11 is 0. The van der Waals surface area contributed by atoms with Gasteiger partial charge in [-0.1, -0.05) is 20.8 Å². The molecule has 0 saturated carbocycles. The molecule has 1 heterocycles. The molecule has 1 fully saturated rings. The average Bonchev–Trinajstić information content (AvgIpc) is 2.16. The van der Waals surface area contributed by atoms with E-state index in [4.69, 9.17) is 5.73 Å². The first-order chi connectivity index (χ1) is 7.32. The maximum atomic E-state index is 12.1. The summed E-state index contributed by atoms with van der Waals surface area (Å²) in [6.07, 6.45) is 4.00. The lowest BCUT2D eigenvalue weighted by Crippen LogP contribution is -2.46. The fourth-order valence-corrected chi connectivity index (χ4v) is 2.08. The maximum absolute atomic E-state index is 12.1. The van der Waals surface area contributed by atoms with Crippen LogP contribution in [-0.2, 0) is 4.79 Å². The summed E-state index contributed by atoms with van der Waals surface area (Å²) in [6, 6.07) is 0.350. The minimum atomic E-state index is -0.0471. The smallest absolute Gasteiger partial charge is 0.224 e. The van der Waals surface area contributed by atoms with Gasteiger partial charge < -0.3 is 10.6 Å². The van der Waals surface area contributed by atoms with Gasteiger partial charge in [0.15, 0.2) is 0 Å². The number of carbonyl (C=O) groups excluding carboxylic acids is 1. The molecule has 0 radical (unpaired) electrons. The Morgan fingerprint density at radius 1 is 1.44 bits per heavy atom. The second-order valence-electron chi connectivity index (χ2n) is 6.11. The van der Waals surface area contributed by atoms with Crippen LogP contribution in [0.3, 0.4) is 0 Å². The molecule has 0 aromatic rings. The first-order valence-corrected chi connectivity index (χ1v) is 6.37. The quantitative estimate of drug-likeness (QED) is 0.784. The van der Waals surface area contributed by atoms with Crippen LogP contribution >= 0.6 is 0 Å². The molecule has 1 aliphatic rings. The van der Waals surface area contributed by atoms with Crippen molar-refractivity contribution in [3.63, 3.8) is 0 Å². The molecule has 2 unspecified atom stereocenters. The van der Waals surface area contributed by atoms with Crippen LogP contribution in [0.1, 0.15) is 53.4 Å². The van der Waals surface area contributed by atoms with Gasteiger partial charge in [0.2, 0.25) is 5.91 Å². The van der Waals surface area contributed by atoms with E-state index in [-0.39, 0.29) is 17.4 Å². The molecule has 2 atom stereocenters. The summed E-state index contributed by atoms with van der Waals surface area (Å²) in [7, 11) is 0. The normalized spacial score (nSPS) is 24.3. The van der Waals surface area contributed by atoms with E-state index < -0.39 is 0 Å². The summed E-state index contributed by atoms with van der Waals surface area (Å²) in [5.74, 6) is 0.231. The molecule has 94 valence electrons. The van der Waals surface area contributed by atoms with Gasteiger partial charge in [-0.25, -0.2) is 0 Å². The lowest BCUT2D eigenvalue weighted by Gasteiger charge is -2.35. The molecule has 0 spiro atoms. The number of hydrogen-bond donors (Lipinski definition) is 1. The standard InChI is InChI=1S/C13H26N2O/c1-10-7-5-6-8-15(10)12(16)9-11(14)13(2,3)4/h10-11H,5-9,14H2,1-4H3. The van der Waals surface area contributed by atoms with Crippen LogP contribution in [0.4, 0.5) is 0 Å². The molecule has 2 N–H and O–H groups in total. The Bertz CT molecular complexity index is 245. The van der Waals surface area contributed by atoms with Crippen LogP contribution < -0.4 is 5.73 Å². The number of piperidine rings is 1. The number of carbonyl (C=O) groups is 1. The lowest BCUT2D eigenvalue weighted by molar-refractivity contribution is -0.135. The fraction of sp³-hybridized carbons (Fsp3) is 0.923. The number of nitrogens with two attached hydrogens (primary N) is 1. The largest absolute Gasteiger partial charge is 0.340 e. The van der Waals surface area contributed by atoms with Crippen molar-refractivity contribution in [2.45, 2.75) is 65.5 Å². The first-order valence-electron chi connectivity index (χ1n) is 6.37. The third-order valence-corrected chi connectivity index (χ3v) is 3.63. The van der Waals surface area contributed by atoms with E-state index in [0.29, 0.717) is 12.5 Å². The molecule has 1 rings (SSSR count). The minimum Gasteiger partial charge on any atom is -0.340 e. The monoisotopic (exact) mass is 226 g/mol. The summed E-state index contributed by atoms with van der Waals surface area (Å²) < 4.78 is 0. The molecule has 0 aromatic carbocycles. The second-order valence-corrected chi connectivity index (χ2v) is 6.11. The third kappa shape index (κ3) is 3.48. The maximum Gasteiger partial charge on any atom is 0.224 e. The summed E-state index contributed by atoms with van der Waals surface area (Å²) in [5, 5.41) is 0. The molecule has 16 heavy (non-hydrogen) atoms. The zero-order valence-corrected chi connectivity index (χ0v) is 11.1. The van der Waals surface area contributed by atoms with Crippen LogP contribution in [-0.4, -0.2) is 29.4 Å². The Kier molecular flexibility index (Phi) is 4.36. The molecule has 1 amide bonds. The highest BCUT2D eigenvalue weighted by Gasteiger charge is 2.28. The number of hydrogen-bond acceptors (Lipinski definition) is 2. The van der Waals surface area contributed by atoms with Crippen molar-refractivity contribution in [1.82, 2.24) is 4.90 Å². The highest BCUT2D eigenvalue weighted by atomic mass is 16.2. The van der Waals surface area contributed by atoms with Crippen molar-refractivity contribution in [2.75, 3.05) is 6.54 Å². The van der Waals surface area contributed by atoms with Gasteiger partial charge in [-0.05, 0) is 31.6 Å². The van der Waals surface area contributed by atoms with Gasteiger partial charge in [-0.3, -0.25) is 4.79 Å². The first kappa shape index (κ1) is 13.5. The van der Waals surface area contributed by atoms with E-state index in [1.807, 2.05) is 4.90 Å². The summed E-state index contributed by atoms with van der Waals surface area (Å²) in [5.41, 5.74) is 6.06. The van der Waals surface area contributed by atoms with E-state index in [1.165, 1.54) is 6.42 Å². The predicted octanol–water partition coefficient (Wildman–Crippen LogP) is 2.15. The zero-order chi connectivity index (χ0) is 12.3. The second kappa shape index (κ2) is 5.17. The molecule has 3 heteroatoms. The van der Waals surface area contributed by atoms with E-state index in [2.05, 4.69) is 27.7 Å². The van der Waals surface area contributed by atoms with E-state index in [9.17, 15) is 4.79 Å². The number of likely N-dealkylation sites (tertiary alicyclic amines) is 1. The van der Waals surface area contributed by atoms with Gasteiger partial charge in [0, 0.05) is 25.0 Å². The summed E-state index contributed by atoms with van der Waals surface area (Å²) in [4.78, 5) is 14.1. The molecule has 0 bridgehead atoms. The molecular formula is C13H26N2O. The fourth-order valence-electron chi connectivity index (χ4n) is 2.08. The summed E-state index contributed by atoms with van der Waals surface area (Å²) in [6.45, 7) is 9.32.